The van der Waals surface area contributed by atoms with Crippen LogP contribution >= 0.6 is 0 Å². The SMILES string of the molecule is NC(=O)COc1ccc(C(=O)NC2CCC(C(=O)O)CC2)cc1. The number of nitrogens with one attached hydrogen (secondary N) is 1. The molecular formula is C16H20N2O5. The predicted molar refractivity (Wildman–Crippen MR) is 82.0 cm³/mol. The Labute approximate surface area is 133 Å². The highest BCUT2D eigenvalue weighted by Gasteiger charge is 2.26. The first-order valence-corrected chi connectivity index (χ1v) is 7.50. The van der Waals surface area contributed by atoms with E-state index in [0.29, 0.717) is 37.0 Å². The van der Waals surface area contributed by atoms with Crippen molar-refractivity contribution in [3.63, 3.8) is 0 Å². The van der Waals surface area contributed by atoms with Crippen LogP contribution in [0.2, 0.25) is 0 Å². The van der Waals surface area contributed by atoms with Crippen LogP contribution in [0, 0.1) is 5.92 Å². The van der Waals surface area contributed by atoms with Crippen LogP contribution in [0.4, 0.5) is 0 Å². The molecule has 0 spiro atoms. The van der Waals surface area contributed by atoms with Gasteiger partial charge < -0.3 is 20.9 Å². The van der Waals surface area contributed by atoms with Crippen molar-refractivity contribution in [2.75, 3.05) is 6.61 Å². The second-order valence-electron chi connectivity index (χ2n) is 5.64. The number of hydrogen-bond donors (Lipinski definition) is 3. The summed E-state index contributed by atoms with van der Waals surface area (Å²) < 4.78 is 5.12. The van der Waals surface area contributed by atoms with E-state index in [4.69, 9.17) is 15.6 Å². The highest BCUT2D eigenvalue weighted by Crippen LogP contribution is 2.24. The van der Waals surface area contributed by atoms with Crippen LogP contribution in [0.15, 0.2) is 24.3 Å². The summed E-state index contributed by atoms with van der Waals surface area (Å²) >= 11 is 0. The fourth-order valence-electron chi connectivity index (χ4n) is 2.61. The second kappa shape index (κ2) is 7.62. The topological polar surface area (TPSA) is 119 Å². The molecule has 1 aliphatic carbocycles. The van der Waals surface area contributed by atoms with Gasteiger partial charge in [0.25, 0.3) is 11.8 Å². The van der Waals surface area contributed by atoms with E-state index in [9.17, 15) is 14.4 Å². The van der Waals surface area contributed by atoms with E-state index in [0.717, 1.165) is 0 Å². The first-order chi connectivity index (χ1) is 11.0. The number of ether oxygens (including phenoxy) is 1. The van der Waals surface area contributed by atoms with Gasteiger partial charge in [-0.2, -0.15) is 0 Å². The van der Waals surface area contributed by atoms with E-state index >= 15 is 0 Å². The van der Waals surface area contributed by atoms with E-state index in [2.05, 4.69) is 5.32 Å². The molecule has 23 heavy (non-hydrogen) atoms. The zero-order valence-electron chi connectivity index (χ0n) is 12.7. The molecule has 1 aromatic carbocycles. The number of carboxylic acid groups (broad SMARTS) is 1. The van der Waals surface area contributed by atoms with Crippen molar-refractivity contribution in [3.05, 3.63) is 29.8 Å². The Morgan fingerprint density at radius 2 is 1.74 bits per heavy atom. The molecule has 0 aliphatic heterocycles. The molecule has 4 N–H and O–H groups in total. The molecule has 7 heteroatoms. The molecule has 0 aromatic heterocycles. The van der Waals surface area contributed by atoms with Crippen LogP contribution in [0.3, 0.4) is 0 Å². The maximum atomic E-state index is 12.2. The van der Waals surface area contributed by atoms with Crippen molar-refractivity contribution < 1.29 is 24.2 Å². The van der Waals surface area contributed by atoms with Gasteiger partial charge in [0.05, 0.1) is 5.92 Å². The standard InChI is InChI=1S/C16H20N2O5/c17-14(19)9-23-13-7-3-10(4-8-13)15(20)18-12-5-1-11(2-6-12)16(21)22/h3-4,7-8,11-12H,1-2,5-6,9H2,(H2,17,19)(H,18,20)(H,21,22). The van der Waals surface area contributed by atoms with Gasteiger partial charge in [-0.25, -0.2) is 0 Å². The van der Waals surface area contributed by atoms with Gasteiger partial charge in [0.1, 0.15) is 5.75 Å². The Bertz CT molecular complexity index is 577. The molecule has 7 nitrogen and oxygen atoms in total. The molecule has 124 valence electrons. The average Bonchev–Trinajstić information content (AvgIpc) is 2.54. The summed E-state index contributed by atoms with van der Waals surface area (Å²) in [5.74, 6) is -1.37. The van der Waals surface area contributed by atoms with Gasteiger partial charge in [0.15, 0.2) is 6.61 Å². The third-order valence-electron chi connectivity index (χ3n) is 3.91. The molecule has 1 aromatic rings. The van der Waals surface area contributed by atoms with Crippen molar-refractivity contribution in [1.82, 2.24) is 5.32 Å². The van der Waals surface area contributed by atoms with E-state index < -0.39 is 11.9 Å². The molecule has 0 atom stereocenters. The number of carbonyl (C=O) groups excluding carboxylic acids is 2. The molecule has 2 rings (SSSR count). The number of carboxylic acids is 1. The maximum Gasteiger partial charge on any atom is 0.306 e. The van der Waals surface area contributed by atoms with Gasteiger partial charge in [-0.3, -0.25) is 14.4 Å². The maximum absolute atomic E-state index is 12.2. The number of aliphatic carboxylic acids is 1. The fourth-order valence-corrected chi connectivity index (χ4v) is 2.61. The van der Waals surface area contributed by atoms with Crippen LogP contribution in [0.5, 0.6) is 5.75 Å². The van der Waals surface area contributed by atoms with Crippen LogP contribution in [-0.2, 0) is 9.59 Å². The molecule has 0 unspecified atom stereocenters. The monoisotopic (exact) mass is 320 g/mol. The van der Waals surface area contributed by atoms with E-state index in [1.54, 1.807) is 24.3 Å². The molecule has 2 amide bonds. The number of carbonyl (C=O) groups is 3. The lowest BCUT2D eigenvalue weighted by Gasteiger charge is -2.26. The van der Waals surface area contributed by atoms with Crippen molar-refractivity contribution >= 4 is 17.8 Å². The minimum atomic E-state index is -0.763. The normalized spacial score (nSPS) is 20.5. The third-order valence-corrected chi connectivity index (χ3v) is 3.91. The number of benzene rings is 1. The zero-order valence-corrected chi connectivity index (χ0v) is 12.7. The Balaban J connectivity index is 1.84. The zero-order chi connectivity index (χ0) is 16.8. The Hall–Kier alpha value is -2.57. The quantitative estimate of drug-likeness (QED) is 0.720. The Kier molecular flexibility index (Phi) is 5.56. The third kappa shape index (κ3) is 4.98. The van der Waals surface area contributed by atoms with Crippen molar-refractivity contribution in [2.45, 2.75) is 31.7 Å². The summed E-state index contributed by atoms with van der Waals surface area (Å²) in [6.07, 6.45) is 2.51. The van der Waals surface area contributed by atoms with Crippen LogP contribution < -0.4 is 15.8 Å². The van der Waals surface area contributed by atoms with E-state index in [1.165, 1.54) is 0 Å². The number of rotatable bonds is 6. The average molecular weight is 320 g/mol. The van der Waals surface area contributed by atoms with Gasteiger partial charge in [-0.05, 0) is 49.9 Å². The molecule has 0 bridgehead atoms. The molecule has 1 aliphatic rings. The van der Waals surface area contributed by atoms with Gasteiger partial charge in [-0.1, -0.05) is 0 Å². The first kappa shape index (κ1) is 16.8. The lowest BCUT2D eigenvalue weighted by atomic mass is 9.86. The van der Waals surface area contributed by atoms with E-state index in [1.807, 2.05) is 0 Å². The Morgan fingerprint density at radius 1 is 1.13 bits per heavy atom. The summed E-state index contributed by atoms with van der Waals surface area (Å²) in [5.41, 5.74) is 5.47. The molecule has 0 heterocycles. The number of primary amides is 1. The van der Waals surface area contributed by atoms with Crippen molar-refractivity contribution in [2.24, 2.45) is 11.7 Å². The predicted octanol–water partition coefficient (Wildman–Crippen LogP) is 0.924. The number of amides is 2. The largest absolute Gasteiger partial charge is 0.484 e. The summed E-state index contributed by atoms with van der Waals surface area (Å²) in [6, 6.07) is 6.41. The smallest absolute Gasteiger partial charge is 0.306 e. The summed E-state index contributed by atoms with van der Waals surface area (Å²) in [4.78, 5) is 33.7. The molecular weight excluding hydrogens is 300 g/mol. The molecule has 0 radical (unpaired) electrons. The number of nitrogens with two attached hydrogens (primary N) is 1. The van der Waals surface area contributed by atoms with Crippen molar-refractivity contribution in [3.8, 4) is 5.75 Å². The highest BCUT2D eigenvalue weighted by atomic mass is 16.5. The van der Waals surface area contributed by atoms with Gasteiger partial charge in [0.2, 0.25) is 0 Å². The van der Waals surface area contributed by atoms with Gasteiger partial charge >= 0.3 is 5.97 Å². The second-order valence-corrected chi connectivity index (χ2v) is 5.64. The van der Waals surface area contributed by atoms with Crippen LogP contribution in [0.25, 0.3) is 0 Å². The summed E-state index contributed by atoms with van der Waals surface area (Å²) in [6.45, 7) is -0.210. The number of hydrogen-bond acceptors (Lipinski definition) is 4. The lowest BCUT2D eigenvalue weighted by Crippen LogP contribution is -2.38. The highest BCUT2D eigenvalue weighted by molar-refractivity contribution is 5.94. The fraction of sp³-hybridized carbons (Fsp3) is 0.438. The minimum absolute atomic E-state index is 0.00360. The lowest BCUT2D eigenvalue weighted by molar-refractivity contribution is -0.142. The first-order valence-electron chi connectivity index (χ1n) is 7.50. The van der Waals surface area contributed by atoms with Crippen molar-refractivity contribution in [1.29, 1.82) is 0 Å². The molecule has 1 saturated carbocycles. The Morgan fingerprint density at radius 3 is 2.26 bits per heavy atom. The summed E-state index contributed by atoms with van der Waals surface area (Å²) in [7, 11) is 0. The van der Waals surface area contributed by atoms with Crippen LogP contribution in [-0.4, -0.2) is 35.5 Å². The molecule has 0 saturated heterocycles. The van der Waals surface area contributed by atoms with E-state index in [-0.39, 0.29) is 24.5 Å². The van der Waals surface area contributed by atoms with Gasteiger partial charge in [-0.15, -0.1) is 0 Å². The molecule has 1 fully saturated rings. The summed E-state index contributed by atoms with van der Waals surface area (Å²) in [5, 5.41) is 11.9. The van der Waals surface area contributed by atoms with Gasteiger partial charge in [0, 0.05) is 11.6 Å². The minimum Gasteiger partial charge on any atom is -0.484 e. The van der Waals surface area contributed by atoms with Crippen LogP contribution in [0.1, 0.15) is 36.0 Å².